The summed E-state index contributed by atoms with van der Waals surface area (Å²) in [5.41, 5.74) is 2.37. The molecule has 1 aromatic heterocycles. The molecule has 0 saturated heterocycles. The maximum absolute atomic E-state index is 13.5. The molecule has 0 aliphatic rings. The van der Waals surface area contributed by atoms with Gasteiger partial charge >= 0.3 is 5.97 Å². The lowest BCUT2D eigenvalue weighted by atomic mass is 10.0. The molecule has 3 aromatic rings. The molecule has 0 aliphatic heterocycles. The highest BCUT2D eigenvalue weighted by Crippen LogP contribution is 2.11. The molecule has 0 fully saturated rings. The zero-order chi connectivity index (χ0) is 23.1. The number of rotatable bonds is 8. The zero-order valence-corrected chi connectivity index (χ0v) is 17.7. The second-order valence-corrected chi connectivity index (χ2v) is 7.23. The summed E-state index contributed by atoms with van der Waals surface area (Å²) in [7, 11) is 1.21. The van der Waals surface area contributed by atoms with Crippen LogP contribution in [0.25, 0.3) is 11.0 Å². The first kappa shape index (κ1) is 22.8. The quantitative estimate of drug-likeness (QED) is 0.518. The van der Waals surface area contributed by atoms with Gasteiger partial charge < -0.3 is 15.4 Å². The fourth-order valence-electron chi connectivity index (χ4n) is 3.27. The molecule has 2 atom stereocenters. The number of nitrogens with one attached hydrogen (secondary N) is 2. The lowest BCUT2D eigenvalue weighted by Crippen LogP contribution is -2.53. The average Bonchev–Trinajstić information content (AvgIpc) is 2.77. The van der Waals surface area contributed by atoms with Crippen LogP contribution in [0.2, 0.25) is 0 Å². The molecule has 0 unspecified atom stereocenters. The number of ether oxygens (including phenoxy) is 1. The van der Waals surface area contributed by atoms with E-state index in [-0.39, 0.29) is 12.8 Å². The minimum atomic E-state index is -1.05. The van der Waals surface area contributed by atoms with Crippen molar-refractivity contribution in [2.75, 3.05) is 7.11 Å². The number of benzene rings is 2. The van der Waals surface area contributed by atoms with Crippen molar-refractivity contribution in [2.24, 2.45) is 0 Å². The Morgan fingerprint density at radius 1 is 1.00 bits per heavy atom. The van der Waals surface area contributed by atoms with Crippen LogP contribution in [-0.2, 0) is 32.0 Å². The van der Waals surface area contributed by atoms with Gasteiger partial charge in [-0.3, -0.25) is 14.6 Å². The normalized spacial score (nSPS) is 12.6. The van der Waals surface area contributed by atoms with E-state index in [1.807, 2.05) is 18.2 Å². The van der Waals surface area contributed by atoms with Crippen LogP contribution in [0.1, 0.15) is 18.2 Å². The van der Waals surface area contributed by atoms with E-state index in [0.717, 1.165) is 0 Å². The number of methoxy groups -OCH3 is 1. The maximum Gasteiger partial charge on any atom is 0.328 e. The molecule has 32 heavy (non-hydrogen) atoms. The molecule has 2 aromatic carbocycles. The summed E-state index contributed by atoms with van der Waals surface area (Å²) < 4.78 is 18.4. The molecule has 3 rings (SSSR count). The van der Waals surface area contributed by atoms with Crippen molar-refractivity contribution in [3.05, 3.63) is 71.8 Å². The molecule has 0 radical (unpaired) electrons. The molecule has 0 spiro atoms. The van der Waals surface area contributed by atoms with Crippen molar-refractivity contribution < 1.29 is 23.5 Å². The van der Waals surface area contributed by atoms with Gasteiger partial charge in [-0.1, -0.05) is 24.3 Å². The highest BCUT2D eigenvalue weighted by molar-refractivity contribution is 5.90. The van der Waals surface area contributed by atoms with E-state index in [1.54, 1.807) is 12.1 Å². The van der Waals surface area contributed by atoms with Gasteiger partial charge in [-0.25, -0.2) is 14.2 Å². The van der Waals surface area contributed by atoms with E-state index < -0.39 is 35.7 Å². The van der Waals surface area contributed by atoms with Crippen LogP contribution >= 0.6 is 0 Å². The Kier molecular flexibility index (Phi) is 7.43. The first-order valence-corrected chi connectivity index (χ1v) is 9.96. The molecular weight excluding hydrogens is 415 g/mol. The number of hydrogen-bond donors (Lipinski definition) is 2. The predicted octanol–water partition coefficient (Wildman–Crippen LogP) is 1.72. The summed E-state index contributed by atoms with van der Waals surface area (Å²) >= 11 is 0. The van der Waals surface area contributed by atoms with Gasteiger partial charge in [-0.15, -0.1) is 0 Å². The molecule has 8 nitrogen and oxygen atoms in total. The van der Waals surface area contributed by atoms with Crippen molar-refractivity contribution in [3.63, 3.8) is 0 Å². The topological polar surface area (TPSA) is 110 Å². The first-order chi connectivity index (χ1) is 15.4. The Bertz CT molecular complexity index is 1140. The largest absolute Gasteiger partial charge is 0.467 e. The molecular formula is C23H23FN4O4. The summed E-state index contributed by atoms with van der Waals surface area (Å²) in [6.45, 7) is 1.27. The Hall–Kier alpha value is -3.88. The number of carbonyl (C=O) groups excluding carboxylic acids is 3. The van der Waals surface area contributed by atoms with Gasteiger partial charge in [-0.05, 0) is 29.8 Å². The Morgan fingerprint density at radius 2 is 1.75 bits per heavy atom. The lowest BCUT2D eigenvalue weighted by molar-refractivity contribution is -0.145. The van der Waals surface area contributed by atoms with E-state index in [1.165, 1.54) is 38.4 Å². The van der Waals surface area contributed by atoms with Crippen LogP contribution in [0.5, 0.6) is 0 Å². The Morgan fingerprint density at radius 3 is 2.44 bits per heavy atom. The minimum Gasteiger partial charge on any atom is -0.467 e. The summed E-state index contributed by atoms with van der Waals surface area (Å²) in [5.74, 6) is -2.15. The van der Waals surface area contributed by atoms with Crippen LogP contribution < -0.4 is 10.6 Å². The molecule has 0 bridgehead atoms. The summed E-state index contributed by atoms with van der Waals surface area (Å²) in [4.78, 5) is 45.7. The van der Waals surface area contributed by atoms with Gasteiger partial charge in [0, 0.05) is 26.0 Å². The number of nitrogens with zero attached hydrogens (tertiary/aromatic N) is 2. The second kappa shape index (κ2) is 10.4. The number of halogens is 1. The third-order valence-corrected chi connectivity index (χ3v) is 4.74. The van der Waals surface area contributed by atoms with E-state index in [0.29, 0.717) is 22.3 Å². The third-order valence-electron chi connectivity index (χ3n) is 4.74. The summed E-state index contributed by atoms with van der Waals surface area (Å²) in [5, 5.41) is 5.16. The predicted molar refractivity (Wildman–Crippen MR) is 115 cm³/mol. The highest BCUT2D eigenvalue weighted by Gasteiger charge is 2.28. The van der Waals surface area contributed by atoms with Crippen LogP contribution in [0.15, 0.2) is 54.7 Å². The lowest BCUT2D eigenvalue weighted by Gasteiger charge is -2.22. The van der Waals surface area contributed by atoms with Gasteiger partial charge in [0.2, 0.25) is 11.8 Å². The molecule has 0 saturated carbocycles. The number of carbonyl (C=O) groups is 3. The summed E-state index contributed by atoms with van der Waals surface area (Å²) in [6, 6.07) is 10.9. The van der Waals surface area contributed by atoms with Crippen molar-refractivity contribution >= 4 is 28.8 Å². The van der Waals surface area contributed by atoms with E-state index in [4.69, 9.17) is 4.74 Å². The van der Waals surface area contributed by atoms with Gasteiger partial charge in [0.15, 0.2) is 0 Å². The molecule has 9 heteroatoms. The fourth-order valence-corrected chi connectivity index (χ4v) is 3.27. The molecule has 2 N–H and O–H groups in total. The van der Waals surface area contributed by atoms with Crippen LogP contribution in [0.3, 0.4) is 0 Å². The van der Waals surface area contributed by atoms with Crippen molar-refractivity contribution in [1.82, 2.24) is 20.6 Å². The van der Waals surface area contributed by atoms with E-state index in [2.05, 4.69) is 20.6 Å². The van der Waals surface area contributed by atoms with E-state index in [9.17, 15) is 18.8 Å². The van der Waals surface area contributed by atoms with Crippen LogP contribution in [-0.4, -0.2) is 46.9 Å². The average molecular weight is 438 g/mol. The van der Waals surface area contributed by atoms with Crippen LogP contribution in [0.4, 0.5) is 4.39 Å². The fraction of sp³-hybridized carbons (Fsp3) is 0.261. The maximum atomic E-state index is 13.5. The number of para-hydroxylation sites is 2. The van der Waals surface area contributed by atoms with Crippen molar-refractivity contribution in [3.8, 4) is 0 Å². The van der Waals surface area contributed by atoms with Crippen molar-refractivity contribution in [2.45, 2.75) is 31.8 Å². The Balaban J connectivity index is 1.78. The van der Waals surface area contributed by atoms with Gasteiger partial charge in [0.1, 0.15) is 17.9 Å². The number of hydrogen-bond acceptors (Lipinski definition) is 6. The number of esters is 1. The number of aromatic nitrogens is 2. The summed E-state index contributed by atoms with van der Waals surface area (Å²) in [6.07, 6.45) is 1.62. The van der Waals surface area contributed by atoms with Crippen molar-refractivity contribution in [1.29, 1.82) is 0 Å². The SMILES string of the molecule is COC(=O)[C@H](Cc1cnc2ccccc2n1)NC(=O)[C@@H](Cc1cccc(F)c1)NC(C)=O. The third kappa shape index (κ3) is 6.07. The zero-order valence-electron chi connectivity index (χ0n) is 17.7. The molecule has 2 amide bonds. The van der Waals surface area contributed by atoms with Crippen LogP contribution in [0, 0.1) is 5.82 Å². The van der Waals surface area contributed by atoms with Gasteiger partial charge in [0.25, 0.3) is 0 Å². The number of amides is 2. The van der Waals surface area contributed by atoms with Gasteiger partial charge in [0.05, 0.1) is 23.8 Å². The smallest absolute Gasteiger partial charge is 0.328 e. The molecule has 1 heterocycles. The molecule has 0 aliphatic carbocycles. The van der Waals surface area contributed by atoms with E-state index >= 15 is 0 Å². The Labute approximate surface area is 184 Å². The standard InChI is InChI=1S/C23H23FN4O4/c1-14(29)26-20(11-15-6-5-7-16(24)10-15)22(30)28-21(23(31)32-2)12-17-13-25-18-8-3-4-9-19(18)27-17/h3-10,13,20-21H,11-12H2,1-2H3,(H,26,29)(H,28,30)/t20-,21+/m1/s1. The second-order valence-electron chi connectivity index (χ2n) is 7.23. The first-order valence-electron chi connectivity index (χ1n) is 9.96. The highest BCUT2D eigenvalue weighted by atomic mass is 19.1. The van der Waals surface area contributed by atoms with Gasteiger partial charge in [-0.2, -0.15) is 0 Å². The molecule has 166 valence electrons. The number of fused-ring (bicyclic) bond motifs is 1. The monoisotopic (exact) mass is 438 g/mol. The minimum absolute atomic E-state index is 0.0446.